The van der Waals surface area contributed by atoms with E-state index in [9.17, 15) is 9.59 Å². The van der Waals surface area contributed by atoms with E-state index in [-0.39, 0.29) is 18.4 Å². The Morgan fingerprint density at radius 2 is 2.00 bits per heavy atom. The average molecular weight is 330 g/mol. The van der Waals surface area contributed by atoms with E-state index < -0.39 is 0 Å². The first-order valence-corrected chi connectivity index (χ1v) is 7.85. The molecule has 0 aliphatic rings. The van der Waals surface area contributed by atoms with Crippen LogP contribution in [-0.4, -0.2) is 37.4 Å². The van der Waals surface area contributed by atoms with Crippen molar-refractivity contribution in [2.75, 3.05) is 30.9 Å². The number of hydrogen-bond acceptors (Lipinski definition) is 5. The molecule has 0 fully saturated rings. The van der Waals surface area contributed by atoms with Crippen LogP contribution in [0.3, 0.4) is 0 Å². The van der Waals surface area contributed by atoms with Gasteiger partial charge in [0.1, 0.15) is 0 Å². The van der Waals surface area contributed by atoms with Crippen LogP contribution in [0.15, 0.2) is 41.9 Å². The lowest BCUT2D eigenvalue weighted by atomic mass is 10.2. The molecule has 0 saturated heterocycles. The molecule has 0 bridgehead atoms. The summed E-state index contributed by atoms with van der Waals surface area (Å²) >= 11 is 1.32. The fourth-order valence-corrected chi connectivity index (χ4v) is 2.28. The van der Waals surface area contributed by atoms with Gasteiger partial charge in [-0.2, -0.15) is 0 Å². The number of carbonyl (C=O) groups is 2. The summed E-state index contributed by atoms with van der Waals surface area (Å²) in [5.74, 6) is -0.631. The second-order valence-electron chi connectivity index (χ2n) is 4.92. The minimum atomic E-state index is -0.323. The monoisotopic (exact) mass is 330 g/mol. The molecule has 0 radical (unpaired) electrons. The zero-order valence-electron chi connectivity index (χ0n) is 12.9. The normalized spacial score (nSPS) is 10.5. The Morgan fingerprint density at radius 1 is 1.26 bits per heavy atom. The number of rotatable bonds is 6. The number of carbonyl (C=O) groups excluding carboxylic acids is 2. The predicted octanol–water partition coefficient (Wildman–Crippen LogP) is 1.98. The topological polar surface area (TPSA) is 74.3 Å². The van der Waals surface area contributed by atoms with Gasteiger partial charge in [-0.3, -0.25) is 9.59 Å². The molecule has 0 aliphatic heterocycles. The molecule has 120 valence electrons. The summed E-state index contributed by atoms with van der Waals surface area (Å²) in [7, 11) is 3.93. The van der Waals surface area contributed by atoms with Gasteiger partial charge in [-0.05, 0) is 23.8 Å². The van der Waals surface area contributed by atoms with Crippen molar-refractivity contribution in [3.8, 4) is 0 Å². The summed E-state index contributed by atoms with van der Waals surface area (Å²) in [6, 6.07) is 7.79. The lowest BCUT2D eigenvalue weighted by Gasteiger charge is -2.11. The van der Waals surface area contributed by atoms with Crippen LogP contribution in [-0.2, 0) is 9.59 Å². The molecular weight excluding hydrogens is 312 g/mol. The first-order chi connectivity index (χ1) is 11.0. The highest BCUT2D eigenvalue weighted by molar-refractivity contribution is 7.13. The maximum Gasteiger partial charge on any atom is 0.245 e. The Labute approximate surface area is 138 Å². The van der Waals surface area contributed by atoms with E-state index in [1.165, 1.54) is 17.4 Å². The van der Waals surface area contributed by atoms with Crippen LogP contribution in [0.1, 0.15) is 5.56 Å². The van der Waals surface area contributed by atoms with Crippen molar-refractivity contribution in [1.82, 2.24) is 10.3 Å². The standard InChI is InChI=1S/C16H18N4O2S/c1-20(2)13-6-3-12(4-7-13)5-8-14(21)18-11-15(22)19-16-17-9-10-23-16/h3-10H,11H2,1-2H3,(H,18,21)(H,17,19,22). The minimum Gasteiger partial charge on any atom is -0.378 e. The first kappa shape index (κ1) is 16.7. The highest BCUT2D eigenvalue weighted by atomic mass is 32.1. The van der Waals surface area contributed by atoms with Crippen molar-refractivity contribution < 1.29 is 9.59 Å². The summed E-state index contributed by atoms with van der Waals surface area (Å²) in [5.41, 5.74) is 2.00. The van der Waals surface area contributed by atoms with Crippen LogP contribution >= 0.6 is 11.3 Å². The molecule has 2 aromatic rings. The SMILES string of the molecule is CN(C)c1ccc(C=CC(=O)NCC(=O)Nc2nccs2)cc1. The van der Waals surface area contributed by atoms with Gasteiger partial charge in [-0.25, -0.2) is 4.98 Å². The molecule has 1 aromatic heterocycles. The highest BCUT2D eigenvalue weighted by Crippen LogP contribution is 2.13. The van der Waals surface area contributed by atoms with Gasteiger partial charge in [0.05, 0.1) is 6.54 Å². The average Bonchev–Trinajstić information content (AvgIpc) is 3.04. The number of nitrogens with one attached hydrogen (secondary N) is 2. The van der Waals surface area contributed by atoms with Crippen molar-refractivity contribution in [2.45, 2.75) is 0 Å². The molecule has 1 aromatic carbocycles. The van der Waals surface area contributed by atoms with E-state index in [0.717, 1.165) is 11.3 Å². The fourth-order valence-electron chi connectivity index (χ4n) is 1.73. The lowest BCUT2D eigenvalue weighted by Crippen LogP contribution is -2.31. The van der Waals surface area contributed by atoms with Crippen LogP contribution in [0, 0.1) is 0 Å². The Hall–Kier alpha value is -2.67. The number of hydrogen-bond donors (Lipinski definition) is 2. The molecule has 23 heavy (non-hydrogen) atoms. The summed E-state index contributed by atoms with van der Waals surface area (Å²) in [6.07, 6.45) is 4.71. The summed E-state index contributed by atoms with van der Waals surface area (Å²) in [5, 5.41) is 7.40. The van der Waals surface area contributed by atoms with Crippen molar-refractivity contribution in [3.05, 3.63) is 47.5 Å². The summed E-state index contributed by atoms with van der Waals surface area (Å²) < 4.78 is 0. The number of aromatic nitrogens is 1. The maximum absolute atomic E-state index is 11.7. The summed E-state index contributed by atoms with van der Waals surface area (Å²) in [6.45, 7) is -0.0949. The van der Waals surface area contributed by atoms with Crippen LogP contribution in [0.25, 0.3) is 6.08 Å². The Kier molecular flexibility index (Phi) is 5.87. The molecule has 0 unspecified atom stereocenters. The predicted molar refractivity (Wildman–Crippen MR) is 93.6 cm³/mol. The van der Waals surface area contributed by atoms with Crippen molar-refractivity contribution >= 4 is 40.0 Å². The van der Waals surface area contributed by atoms with Gasteiger partial charge in [0.2, 0.25) is 11.8 Å². The van der Waals surface area contributed by atoms with E-state index in [0.29, 0.717) is 5.13 Å². The van der Waals surface area contributed by atoms with Crippen LogP contribution < -0.4 is 15.5 Å². The van der Waals surface area contributed by atoms with Gasteiger partial charge in [-0.15, -0.1) is 11.3 Å². The minimum absolute atomic E-state index is 0.0949. The first-order valence-electron chi connectivity index (χ1n) is 6.97. The number of amides is 2. The van der Waals surface area contributed by atoms with Crippen molar-refractivity contribution in [3.63, 3.8) is 0 Å². The van der Waals surface area contributed by atoms with Gasteiger partial charge in [0.15, 0.2) is 5.13 Å². The van der Waals surface area contributed by atoms with Crippen molar-refractivity contribution in [1.29, 1.82) is 0 Å². The third-order valence-corrected chi connectivity index (χ3v) is 3.63. The maximum atomic E-state index is 11.7. The van der Waals surface area contributed by atoms with Crippen molar-refractivity contribution in [2.24, 2.45) is 0 Å². The molecule has 2 amide bonds. The molecule has 0 spiro atoms. The van der Waals surface area contributed by atoms with Gasteiger partial charge < -0.3 is 15.5 Å². The second kappa shape index (κ2) is 8.09. The fraction of sp³-hybridized carbons (Fsp3) is 0.188. The van der Waals surface area contributed by atoms with Crippen LogP contribution in [0.5, 0.6) is 0 Å². The Bertz CT molecular complexity index is 679. The smallest absolute Gasteiger partial charge is 0.245 e. The molecule has 1 heterocycles. The molecule has 0 saturated carbocycles. The molecule has 0 aliphatic carbocycles. The zero-order chi connectivity index (χ0) is 16.7. The van der Waals surface area contributed by atoms with E-state index in [2.05, 4.69) is 15.6 Å². The number of anilines is 2. The molecule has 2 rings (SSSR count). The largest absolute Gasteiger partial charge is 0.378 e. The summed E-state index contributed by atoms with van der Waals surface area (Å²) in [4.78, 5) is 29.2. The zero-order valence-corrected chi connectivity index (χ0v) is 13.8. The third kappa shape index (κ3) is 5.55. The Balaban J connectivity index is 1.78. The molecule has 6 nitrogen and oxygen atoms in total. The van der Waals surface area contributed by atoms with Gasteiger partial charge >= 0.3 is 0 Å². The van der Waals surface area contributed by atoms with E-state index in [1.807, 2.05) is 43.3 Å². The van der Waals surface area contributed by atoms with Crippen LogP contribution in [0.2, 0.25) is 0 Å². The quantitative estimate of drug-likeness (QED) is 0.794. The second-order valence-corrected chi connectivity index (χ2v) is 5.82. The van der Waals surface area contributed by atoms with Gasteiger partial charge in [0, 0.05) is 37.4 Å². The van der Waals surface area contributed by atoms with E-state index in [4.69, 9.17) is 0 Å². The third-order valence-electron chi connectivity index (χ3n) is 2.94. The van der Waals surface area contributed by atoms with E-state index >= 15 is 0 Å². The Morgan fingerprint density at radius 3 is 2.61 bits per heavy atom. The lowest BCUT2D eigenvalue weighted by molar-refractivity contribution is -0.121. The molecule has 0 atom stereocenters. The molecular formula is C16H18N4O2S. The van der Waals surface area contributed by atoms with Crippen LogP contribution in [0.4, 0.5) is 10.8 Å². The molecule has 2 N–H and O–H groups in total. The van der Waals surface area contributed by atoms with E-state index in [1.54, 1.807) is 17.7 Å². The number of nitrogens with zero attached hydrogens (tertiary/aromatic N) is 2. The molecule has 7 heteroatoms. The number of benzene rings is 1. The highest BCUT2D eigenvalue weighted by Gasteiger charge is 2.05. The number of thiazole rings is 1. The van der Waals surface area contributed by atoms with Gasteiger partial charge in [0.25, 0.3) is 0 Å². The van der Waals surface area contributed by atoms with Gasteiger partial charge in [-0.1, -0.05) is 12.1 Å².